The van der Waals surface area contributed by atoms with E-state index in [1.165, 1.54) is 13.3 Å². The number of nitrogens with zero attached hydrogens (tertiary/aromatic N) is 4. The van der Waals surface area contributed by atoms with Crippen molar-refractivity contribution in [2.75, 3.05) is 26.8 Å². The minimum Gasteiger partial charge on any atom is -0.495 e. The second-order valence-corrected chi connectivity index (χ2v) is 11.6. The number of rotatable bonds is 6. The molecule has 14 nitrogen and oxygen atoms in total. The summed E-state index contributed by atoms with van der Waals surface area (Å²) in [5, 5.41) is 20.6. The summed E-state index contributed by atoms with van der Waals surface area (Å²) in [6.45, 7) is 4.97. The van der Waals surface area contributed by atoms with Crippen LogP contribution in [0.4, 0.5) is 0 Å². The maximum atomic E-state index is 13.6. The van der Waals surface area contributed by atoms with E-state index in [2.05, 4.69) is 44.8 Å². The van der Waals surface area contributed by atoms with Gasteiger partial charge in [0.25, 0.3) is 11.8 Å². The highest BCUT2D eigenvalue weighted by molar-refractivity contribution is 5.98. The van der Waals surface area contributed by atoms with E-state index in [4.69, 9.17) is 20.9 Å². The monoisotopic (exact) mass is 577 g/mol. The topological polar surface area (TPSA) is 202 Å². The number of nitrogens with one attached hydrogen (secondary N) is 3. The van der Waals surface area contributed by atoms with Crippen LogP contribution >= 0.6 is 0 Å². The standard InChI is InChI=1S/C28H35N9O5/c1-27(2)9-10-42-20-15(5-4-6-16(20)27)23(39)33-19-13-37-26(30)34-18(21-28(37,22(19)38)36-25(29)35-21)12-32-24(40)17-8-7-14(41-3)11-31-17/h4-8,11,18-19,21-22,38H,9-10,12-13H2,1-3H3,(H2,30,34)(H,32,40)(H,33,39)(H3,29,35,36)/t18-,19?,21?,22+,28?/m0/s1. The lowest BCUT2D eigenvalue weighted by Crippen LogP contribution is -2.73. The van der Waals surface area contributed by atoms with E-state index in [0.29, 0.717) is 23.7 Å². The Hall–Kier alpha value is -4.59. The molecule has 1 spiro atoms. The second kappa shape index (κ2) is 10.0. The third-order valence-electron chi connectivity index (χ3n) is 8.61. The molecular weight excluding hydrogens is 542 g/mol. The SMILES string of the molecule is COc1ccc(C(=O)NC[C@@H]2N=C(N)N3CC(NC(=O)c4cccc5c4OCCC5(C)C)[C@@H](O)C34NC(N)=NC24)nc1. The number of carbonyl (C=O) groups excluding carboxylic acids is 2. The highest BCUT2D eigenvalue weighted by Gasteiger charge is 2.65. The fourth-order valence-electron chi connectivity index (χ4n) is 6.32. The number of fused-ring (bicyclic) bond motifs is 1. The molecule has 2 amide bonds. The Morgan fingerprint density at radius 1 is 1.21 bits per heavy atom. The summed E-state index contributed by atoms with van der Waals surface area (Å²) in [7, 11) is 1.51. The summed E-state index contributed by atoms with van der Waals surface area (Å²) >= 11 is 0. The number of guanidine groups is 2. The first kappa shape index (κ1) is 27.6. The molecule has 0 radical (unpaired) electrons. The number of methoxy groups -OCH3 is 1. The number of hydrogen-bond acceptors (Lipinski definition) is 12. The average Bonchev–Trinajstić information content (AvgIpc) is 3.47. The Kier molecular flexibility index (Phi) is 6.60. The van der Waals surface area contributed by atoms with Gasteiger partial charge in [-0.2, -0.15) is 0 Å². The molecule has 42 heavy (non-hydrogen) atoms. The van der Waals surface area contributed by atoms with Crippen molar-refractivity contribution in [3.05, 3.63) is 53.3 Å². The number of benzene rings is 1. The number of aliphatic hydroxyl groups is 1. The summed E-state index contributed by atoms with van der Waals surface area (Å²) in [5.41, 5.74) is 12.7. The first-order valence-electron chi connectivity index (χ1n) is 13.8. The molecule has 4 aliphatic rings. The number of hydrogen-bond donors (Lipinski definition) is 6. The van der Waals surface area contributed by atoms with Gasteiger partial charge in [0.2, 0.25) is 0 Å². The molecule has 5 atom stereocenters. The molecule has 0 aliphatic carbocycles. The molecule has 4 aliphatic heterocycles. The van der Waals surface area contributed by atoms with E-state index in [1.807, 2.05) is 12.1 Å². The number of aromatic nitrogens is 1. The van der Waals surface area contributed by atoms with Crippen LogP contribution in [0, 0.1) is 0 Å². The predicted octanol–water partition coefficient (Wildman–Crippen LogP) is -0.965. The minimum absolute atomic E-state index is 0.0545. The van der Waals surface area contributed by atoms with Crippen LogP contribution in [0.25, 0.3) is 0 Å². The van der Waals surface area contributed by atoms with Crippen molar-refractivity contribution >= 4 is 23.7 Å². The van der Waals surface area contributed by atoms with E-state index in [0.717, 1.165) is 12.0 Å². The van der Waals surface area contributed by atoms with Crippen molar-refractivity contribution in [3.63, 3.8) is 0 Å². The van der Waals surface area contributed by atoms with Gasteiger partial charge in [0.15, 0.2) is 17.6 Å². The van der Waals surface area contributed by atoms with Crippen molar-refractivity contribution in [1.29, 1.82) is 0 Å². The maximum Gasteiger partial charge on any atom is 0.269 e. The number of para-hydroxylation sites is 1. The number of nitrogens with two attached hydrogens (primary N) is 2. The predicted molar refractivity (Wildman–Crippen MR) is 153 cm³/mol. The Morgan fingerprint density at radius 2 is 2.02 bits per heavy atom. The lowest BCUT2D eigenvalue weighted by Gasteiger charge is -2.46. The van der Waals surface area contributed by atoms with E-state index >= 15 is 0 Å². The highest BCUT2D eigenvalue weighted by Crippen LogP contribution is 2.42. The van der Waals surface area contributed by atoms with Crippen LogP contribution in [-0.2, 0) is 5.41 Å². The van der Waals surface area contributed by atoms with Gasteiger partial charge in [-0.15, -0.1) is 0 Å². The lowest BCUT2D eigenvalue weighted by molar-refractivity contribution is 0.0143. The Labute approximate surface area is 242 Å². The normalized spacial score (nSPS) is 28.6. The molecule has 1 saturated heterocycles. The van der Waals surface area contributed by atoms with E-state index in [9.17, 15) is 14.7 Å². The molecule has 3 unspecified atom stereocenters. The first-order chi connectivity index (χ1) is 20.0. The Morgan fingerprint density at radius 3 is 2.76 bits per heavy atom. The fourth-order valence-corrected chi connectivity index (χ4v) is 6.32. The van der Waals surface area contributed by atoms with Gasteiger partial charge >= 0.3 is 0 Å². The molecule has 222 valence electrons. The minimum atomic E-state index is -1.27. The maximum absolute atomic E-state index is 13.6. The first-order valence-corrected chi connectivity index (χ1v) is 13.8. The van der Waals surface area contributed by atoms with Gasteiger partial charge < -0.3 is 46.9 Å². The van der Waals surface area contributed by atoms with Crippen LogP contribution in [0.15, 0.2) is 46.5 Å². The van der Waals surface area contributed by atoms with Crippen molar-refractivity contribution in [2.24, 2.45) is 21.5 Å². The van der Waals surface area contributed by atoms with Crippen molar-refractivity contribution in [2.45, 2.75) is 55.6 Å². The van der Waals surface area contributed by atoms with Crippen LogP contribution in [0.1, 0.15) is 46.7 Å². The molecular formula is C28H35N9O5. The highest BCUT2D eigenvalue weighted by atomic mass is 16.5. The molecule has 14 heteroatoms. The van der Waals surface area contributed by atoms with Gasteiger partial charge in [0, 0.05) is 18.7 Å². The quantitative estimate of drug-likeness (QED) is 0.248. The molecule has 1 aromatic carbocycles. The summed E-state index contributed by atoms with van der Waals surface area (Å²) < 4.78 is 11.0. The Bertz CT molecular complexity index is 1480. The van der Waals surface area contributed by atoms with Crippen molar-refractivity contribution in [3.8, 4) is 11.5 Å². The van der Waals surface area contributed by atoms with Gasteiger partial charge in [-0.1, -0.05) is 26.0 Å². The summed E-state index contributed by atoms with van der Waals surface area (Å²) in [5.74, 6) is 0.521. The molecule has 8 N–H and O–H groups in total. The third-order valence-corrected chi connectivity index (χ3v) is 8.61. The number of aliphatic imine (C=N–C) groups is 2. The van der Waals surface area contributed by atoms with E-state index in [-0.39, 0.29) is 42.0 Å². The molecule has 5 heterocycles. The summed E-state index contributed by atoms with van der Waals surface area (Å²) in [4.78, 5) is 41.3. The zero-order valence-corrected chi connectivity index (χ0v) is 23.6. The third kappa shape index (κ3) is 4.33. The van der Waals surface area contributed by atoms with Crippen molar-refractivity contribution < 1.29 is 24.2 Å². The van der Waals surface area contributed by atoms with Gasteiger partial charge in [-0.05, 0) is 30.0 Å². The second-order valence-electron chi connectivity index (χ2n) is 11.6. The zero-order valence-electron chi connectivity index (χ0n) is 23.6. The van der Waals surface area contributed by atoms with E-state index < -0.39 is 35.8 Å². The summed E-state index contributed by atoms with van der Waals surface area (Å²) in [6.07, 6.45) is 1.12. The number of carbonyl (C=O) groups is 2. The molecule has 1 aromatic heterocycles. The Balaban J connectivity index is 1.21. The van der Waals surface area contributed by atoms with Gasteiger partial charge in [-0.3, -0.25) is 9.59 Å². The van der Waals surface area contributed by atoms with Crippen LogP contribution in [0.3, 0.4) is 0 Å². The molecule has 0 saturated carbocycles. The zero-order chi connectivity index (χ0) is 29.8. The number of pyridine rings is 1. The molecule has 6 rings (SSSR count). The largest absolute Gasteiger partial charge is 0.495 e. The van der Waals surface area contributed by atoms with Gasteiger partial charge in [0.05, 0.1) is 37.6 Å². The van der Waals surface area contributed by atoms with Gasteiger partial charge in [0.1, 0.15) is 29.3 Å². The average molecular weight is 578 g/mol. The van der Waals surface area contributed by atoms with Crippen LogP contribution in [0.2, 0.25) is 0 Å². The number of aliphatic hydroxyl groups excluding tert-OH is 1. The summed E-state index contributed by atoms with van der Waals surface area (Å²) in [6, 6.07) is 6.61. The smallest absolute Gasteiger partial charge is 0.269 e. The van der Waals surface area contributed by atoms with Gasteiger partial charge in [-0.25, -0.2) is 15.0 Å². The number of ether oxygens (including phenoxy) is 2. The molecule has 1 fully saturated rings. The van der Waals surface area contributed by atoms with Crippen molar-refractivity contribution in [1.82, 2.24) is 25.8 Å². The van der Waals surface area contributed by atoms with Crippen LogP contribution in [0.5, 0.6) is 11.5 Å². The molecule has 0 bridgehead atoms. The van der Waals surface area contributed by atoms with Crippen LogP contribution in [-0.4, -0.2) is 95.4 Å². The fraction of sp³-hybridized carbons (Fsp3) is 0.464. The molecule has 2 aromatic rings. The van der Waals surface area contributed by atoms with E-state index in [1.54, 1.807) is 23.1 Å². The lowest BCUT2D eigenvalue weighted by atomic mass is 9.79. The number of amides is 2. The van der Waals surface area contributed by atoms with Crippen LogP contribution < -0.4 is 36.9 Å².